The monoisotopic (exact) mass is 306 g/mol. The van der Waals surface area contributed by atoms with Gasteiger partial charge in [-0.2, -0.15) is 0 Å². The number of carbonyl (C=O) groups excluding carboxylic acids is 1. The maximum Gasteiger partial charge on any atom is 0.179 e. The van der Waals surface area contributed by atoms with Crippen molar-refractivity contribution in [3.63, 3.8) is 0 Å². The third-order valence-electron chi connectivity index (χ3n) is 4.27. The predicted octanol–water partition coefficient (Wildman–Crippen LogP) is 4.33. The van der Waals surface area contributed by atoms with Crippen molar-refractivity contribution in [2.45, 2.75) is 19.4 Å². The average Bonchev–Trinajstić information content (AvgIpc) is 2.97. The summed E-state index contributed by atoms with van der Waals surface area (Å²) in [7, 11) is 0. The lowest BCUT2D eigenvalue weighted by atomic mass is 9.94. The van der Waals surface area contributed by atoms with Gasteiger partial charge in [0.25, 0.3) is 0 Å². The number of aryl methyl sites for hydroxylation is 1. The minimum Gasteiger partial charge on any atom is -0.344 e. The zero-order valence-electron chi connectivity index (χ0n) is 12.5. The molecule has 1 aromatic carbocycles. The summed E-state index contributed by atoms with van der Waals surface area (Å²) in [6.07, 6.45) is 6.93. The summed E-state index contributed by atoms with van der Waals surface area (Å²) < 4.78 is 15.3. The summed E-state index contributed by atoms with van der Waals surface area (Å²) >= 11 is 0. The first-order valence-corrected chi connectivity index (χ1v) is 7.67. The van der Waals surface area contributed by atoms with Crippen molar-refractivity contribution in [2.75, 3.05) is 0 Å². The SMILES string of the molecule is O=C1CCCn2cc(-c3ccncc3)c(-c3ccc(F)cc3)c21. The molecule has 0 aliphatic carbocycles. The van der Waals surface area contributed by atoms with Crippen molar-refractivity contribution in [2.24, 2.45) is 0 Å². The Kier molecular flexibility index (Phi) is 3.30. The van der Waals surface area contributed by atoms with Gasteiger partial charge in [-0.3, -0.25) is 9.78 Å². The molecule has 0 N–H and O–H groups in total. The van der Waals surface area contributed by atoms with Crippen LogP contribution in [0.4, 0.5) is 4.39 Å². The number of halogens is 1. The van der Waals surface area contributed by atoms with Gasteiger partial charge in [-0.05, 0) is 41.8 Å². The maximum absolute atomic E-state index is 13.3. The Morgan fingerprint density at radius 2 is 1.74 bits per heavy atom. The van der Waals surface area contributed by atoms with E-state index in [1.807, 2.05) is 22.9 Å². The first kappa shape index (κ1) is 13.9. The Balaban J connectivity index is 1.99. The van der Waals surface area contributed by atoms with E-state index in [9.17, 15) is 9.18 Å². The number of ketones is 1. The van der Waals surface area contributed by atoms with Crippen molar-refractivity contribution >= 4 is 5.78 Å². The second-order valence-electron chi connectivity index (χ2n) is 5.73. The summed E-state index contributed by atoms with van der Waals surface area (Å²) in [4.78, 5) is 16.5. The van der Waals surface area contributed by atoms with Crippen molar-refractivity contribution in [3.05, 3.63) is 66.5 Å². The molecule has 0 spiro atoms. The molecule has 0 saturated heterocycles. The molecule has 0 saturated carbocycles. The van der Waals surface area contributed by atoms with E-state index in [0.29, 0.717) is 6.42 Å². The van der Waals surface area contributed by atoms with Crippen LogP contribution < -0.4 is 0 Å². The van der Waals surface area contributed by atoms with E-state index in [1.54, 1.807) is 24.5 Å². The molecule has 0 atom stereocenters. The van der Waals surface area contributed by atoms with Crippen LogP contribution in [0.15, 0.2) is 55.0 Å². The lowest BCUT2D eigenvalue weighted by molar-refractivity contribution is 0.0956. The lowest BCUT2D eigenvalue weighted by Gasteiger charge is -2.15. The number of aromatic nitrogens is 2. The van der Waals surface area contributed by atoms with Crippen LogP contribution in [0, 0.1) is 5.82 Å². The number of Topliss-reactive ketones (excluding diaryl/α,β-unsaturated/α-hetero) is 1. The largest absolute Gasteiger partial charge is 0.344 e. The molecule has 0 bridgehead atoms. The van der Waals surface area contributed by atoms with Gasteiger partial charge in [0.05, 0.1) is 5.69 Å². The van der Waals surface area contributed by atoms with E-state index in [4.69, 9.17) is 0 Å². The smallest absolute Gasteiger partial charge is 0.179 e. The van der Waals surface area contributed by atoms with Gasteiger partial charge in [-0.1, -0.05) is 12.1 Å². The molecule has 3 heterocycles. The summed E-state index contributed by atoms with van der Waals surface area (Å²) in [5.74, 6) is -0.130. The molecule has 4 heteroatoms. The Hall–Kier alpha value is -2.75. The highest BCUT2D eigenvalue weighted by molar-refractivity contribution is 6.05. The van der Waals surface area contributed by atoms with Crippen LogP contribution in [0.1, 0.15) is 23.3 Å². The number of hydrogen-bond donors (Lipinski definition) is 0. The second-order valence-corrected chi connectivity index (χ2v) is 5.73. The Bertz CT molecular complexity index is 866. The zero-order chi connectivity index (χ0) is 15.8. The van der Waals surface area contributed by atoms with Crippen molar-refractivity contribution in [1.29, 1.82) is 0 Å². The van der Waals surface area contributed by atoms with Crippen molar-refractivity contribution in [1.82, 2.24) is 9.55 Å². The van der Waals surface area contributed by atoms with Crippen LogP contribution in [0.3, 0.4) is 0 Å². The van der Waals surface area contributed by atoms with Gasteiger partial charge in [0.2, 0.25) is 0 Å². The number of carbonyl (C=O) groups is 1. The quantitative estimate of drug-likeness (QED) is 0.706. The lowest BCUT2D eigenvalue weighted by Crippen LogP contribution is -2.16. The van der Waals surface area contributed by atoms with Crippen LogP contribution in [0.5, 0.6) is 0 Å². The fraction of sp³-hybridized carbons (Fsp3) is 0.158. The van der Waals surface area contributed by atoms with E-state index in [0.717, 1.165) is 40.9 Å². The summed E-state index contributed by atoms with van der Waals surface area (Å²) in [6, 6.07) is 10.2. The van der Waals surface area contributed by atoms with Gasteiger partial charge >= 0.3 is 0 Å². The number of pyridine rings is 1. The first-order valence-electron chi connectivity index (χ1n) is 7.67. The minimum atomic E-state index is -0.279. The molecule has 2 aromatic heterocycles. The Morgan fingerprint density at radius 3 is 2.48 bits per heavy atom. The van der Waals surface area contributed by atoms with E-state index in [1.165, 1.54) is 12.1 Å². The summed E-state index contributed by atoms with van der Waals surface area (Å²) in [5.41, 5.74) is 4.48. The second kappa shape index (κ2) is 5.47. The van der Waals surface area contributed by atoms with Gasteiger partial charge in [-0.25, -0.2) is 4.39 Å². The van der Waals surface area contributed by atoms with Gasteiger partial charge in [0.15, 0.2) is 5.78 Å². The van der Waals surface area contributed by atoms with Crippen LogP contribution in [-0.2, 0) is 6.54 Å². The Morgan fingerprint density at radius 1 is 1.00 bits per heavy atom. The molecule has 1 aliphatic rings. The van der Waals surface area contributed by atoms with Crippen LogP contribution in [0.25, 0.3) is 22.3 Å². The molecule has 23 heavy (non-hydrogen) atoms. The number of rotatable bonds is 2. The number of hydrogen-bond acceptors (Lipinski definition) is 2. The molecule has 4 rings (SSSR count). The number of fused-ring (bicyclic) bond motifs is 1. The summed E-state index contributed by atoms with van der Waals surface area (Å²) in [5, 5.41) is 0. The highest BCUT2D eigenvalue weighted by Gasteiger charge is 2.26. The molecular formula is C19H15FN2O. The van der Waals surface area contributed by atoms with Gasteiger partial charge in [0.1, 0.15) is 5.82 Å². The van der Waals surface area contributed by atoms with Crippen molar-refractivity contribution in [3.8, 4) is 22.3 Å². The zero-order valence-corrected chi connectivity index (χ0v) is 12.5. The van der Waals surface area contributed by atoms with Crippen LogP contribution in [-0.4, -0.2) is 15.3 Å². The first-order chi connectivity index (χ1) is 11.2. The molecular weight excluding hydrogens is 291 g/mol. The fourth-order valence-corrected chi connectivity index (χ4v) is 3.22. The van der Waals surface area contributed by atoms with E-state index in [-0.39, 0.29) is 11.6 Å². The van der Waals surface area contributed by atoms with Gasteiger partial charge in [-0.15, -0.1) is 0 Å². The average molecular weight is 306 g/mol. The number of nitrogens with zero attached hydrogens (tertiary/aromatic N) is 2. The molecule has 3 nitrogen and oxygen atoms in total. The Labute approximate surface area is 133 Å². The minimum absolute atomic E-state index is 0.149. The standard InChI is InChI=1S/C19H15FN2O/c20-15-5-3-14(4-6-15)18-16(13-7-9-21-10-8-13)12-22-11-1-2-17(23)19(18)22/h3-10,12H,1-2,11H2. The molecule has 0 fully saturated rings. The normalized spacial score (nSPS) is 13.9. The maximum atomic E-state index is 13.3. The van der Waals surface area contributed by atoms with Crippen LogP contribution >= 0.6 is 0 Å². The van der Waals surface area contributed by atoms with Crippen LogP contribution in [0.2, 0.25) is 0 Å². The molecule has 1 aliphatic heterocycles. The third-order valence-corrected chi connectivity index (χ3v) is 4.27. The molecule has 3 aromatic rings. The number of benzene rings is 1. The third kappa shape index (κ3) is 2.36. The van der Waals surface area contributed by atoms with E-state index in [2.05, 4.69) is 4.98 Å². The molecule has 114 valence electrons. The topological polar surface area (TPSA) is 34.9 Å². The van der Waals surface area contributed by atoms with Gasteiger partial charge < -0.3 is 4.57 Å². The molecule has 0 amide bonds. The highest BCUT2D eigenvalue weighted by Crippen LogP contribution is 2.38. The van der Waals surface area contributed by atoms with Crippen molar-refractivity contribution < 1.29 is 9.18 Å². The van der Waals surface area contributed by atoms with Gasteiger partial charge in [0, 0.05) is 42.7 Å². The predicted molar refractivity (Wildman–Crippen MR) is 86.6 cm³/mol. The molecule has 0 radical (unpaired) electrons. The molecule has 0 unspecified atom stereocenters. The fourth-order valence-electron chi connectivity index (χ4n) is 3.22. The summed E-state index contributed by atoms with van der Waals surface area (Å²) in [6.45, 7) is 0.834. The van der Waals surface area contributed by atoms with E-state index >= 15 is 0 Å². The van der Waals surface area contributed by atoms with E-state index < -0.39 is 0 Å². The highest BCUT2D eigenvalue weighted by atomic mass is 19.1.